The van der Waals surface area contributed by atoms with Gasteiger partial charge in [-0.25, -0.2) is 4.79 Å². The maximum atomic E-state index is 12.3. The molecule has 1 atom stereocenters. The van der Waals surface area contributed by atoms with E-state index in [1.807, 2.05) is 38.1 Å². The minimum Gasteiger partial charge on any atom is -0.467 e. The molecule has 1 aromatic carbocycles. The Bertz CT molecular complexity index is 544. The molecule has 0 N–H and O–H groups in total. The van der Waals surface area contributed by atoms with Crippen molar-refractivity contribution in [2.24, 2.45) is 0 Å². The summed E-state index contributed by atoms with van der Waals surface area (Å²) in [6.07, 6.45) is 2.04. The normalized spacial score (nSPS) is 16.8. The highest BCUT2D eigenvalue weighted by Crippen LogP contribution is 2.32. The van der Waals surface area contributed by atoms with E-state index in [-0.39, 0.29) is 11.9 Å². The molecule has 19 heavy (non-hydrogen) atoms. The van der Waals surface area contributed by atoms with Crippen LogP contribution in [0.3, 0.4) is 0 Å². The molecule has 1 aliphatic heterocycles. The number of hydrogen-bond acceptors (Lipinski definition) is 3. The van der Waals surface area contributed by atoms with Gasteiger partial charge >= 0.3 is 5.97 Å². The second kappa shape index (κ2) is 5.26. The van der Waals surface area contributed by atoms with E-state index >= 15 is 0 Å². The molecule has 0 unspecified atom stereocenters. The van der Waals surface area contributed by atoms with Crippen LogP contribution in [0.5, 0.6) is 0 Å². The van der Waals surface area contributed by atoms with Gasteiger partial charge in [0.25, 0.3) is 5.91 Å². The van der Waals surface area contributed by atoms with Gasteiger partial charge in [0.05, 0.1) is 7.11 Å². The molecule has 0 spiro atoms. The molecule has 2 rings (SSSR count). The number of amides is 1. The summed E-state index contributed by atoms with van der Waals surface area (Å²) < 4.78 is 4.80. The number of fused-ring (bicyclic) bond motifs is 1. The van der Waals surface area contributed by atoms with E-state index < -0.39 is 6.04 Å². The third-order valence-electron chi connectivity index (χ3n) is 3.10. The standard InChI is InChI=1S/C15H17NO3/c1-10(2)8-14(17)16-12-7-5-4-6-11(12)9-13(16)15(18)19-3/h4-8,13H,9H2,1-3H3/t13-/m1/s1. The maximum absolute atomic E-state index is 12.3. The summed E-state index contributed by atoms with van der Waals surface area (Å²) in [5.41, 5.74) is 2.69. The number of carbonyl (C=O) groups is 2. The Morgan fingerprint density at radius 3 is 2.63 bits per heavy atom. The van der Waals surface area contributed by atoms with Crippen LogP contribution in [-0.4, -0.2) is 25.0 Å². The van der Waals surface area contributed by atoms with Crippen molar-refractivity contribution >= 4 is 17.6 Å². The van der Waals surface area contributed by atoms with Gasteiger partial charge in [-0.05, 0) is 25.5 Å². The lowest BCUT2D eigenvalue weighted by atomic mass is 10.1. The number of carbonyl (C=O) groups excluding carboxylic acids is 2. The summed E-state index contributed by atoms with van der Waals surface area (Å²) in [5, 5.41) is 0. The van der Waals surface area contributed by atoms with Crippen molar-refractivity contribution in [2.75, 3.05) is 12.0 Å². The van der Waals surface area contributed by atoms with Gasteiger partial charge in [-0.1, -0.05) is 23.8 Å². The van der Waals surface area contributed by atoms with Gasteiger partial charge in [-0.2, -0.15) is 0 Å². The van der Waals surface area contributed by atoms with Crippen LogP contribution in [-0.2, 0) is 20.7 Å². The average molecular weight is 259 g/mol. The number of nitrogens with zero attached hydrogens (tertiary/aromatic N) is 1. The SMILES string of the molecule is COC(=O)[C@H]1Cc2ccccc2N1C(=O)C=C(C)C. The number of benzene rings is 1. The molecule has 100 valence electrons. The van der Waals surface area contributed by atoms with Gasteiger partial charge in [0, 0.05) is 18.2 Å². The molecule has 0 fully saturated rings. The number of hydrogen-bond donors (Lipinski definition) is 0. The Morgan fingerprint density at radius 1 is 1.32 bits per heavy atom. The number of allylic oxidation sites excluding steroid dienone is 1. The second-order valence-electron chi connectivity index (χ2n) is 4.80. The Kier molecular flexibility index (Phi) is 3.69. The molecule has 1 heterocycles. The first kappa shape index (κ1) is 13.3. The van der Waals surface area contributed by atoms with E-state index in [2.05, 4.69) is 0 Å². The Labute approximate surface area is 112 Å². The van der Waals surface area contributed by atoms with E-state index in [0.717, 1.165) is 16.8 Å². The summed E-state index contributed by atoms with van der Waals surface area (Å²) in [6, 6.07) is 6.99. The molecule has 0 saturated carbocycles. The van der Waals surface area contributed by atoms with Crippen LogP contribution in [0.15, 0.2) is 35.9 Å². The van der Waals surface area contributed by atoms with Gasteiger partial charge in [-0.3, -0.25) is 9.69 Å². The van der Waals surface area contributed by atoms with Gasteiger partial charge < -0.3 is 4.74 Å². The van der Waals surface area contributed by atoms with Crippen molar-refractivity contribution in [3.8, 4) is 0 Å². The molecular formula is C15H17NO3. The quantitative estimate of drug-likeness (QED) is 0.603. The van der Waals surface area contributed by atoms with E-state index in [1.165, 1.54) is 18.1 Å². The lowest BCUT2D eigenvalue weighted by Crippen LogP contribution is -2.42. The van der Waals surface area contributed by atoms with Gasteiger partial charge in [0.1, 0.15) is 6.04 Å². The number of esters is 1. The van der Waals surface area contributed by atoms with E-state index in [0.29, 0.717) is 6.42 Å². The lowest BCUT2D eigenvalue weighted by molar-refractivity contribution is -0.143. The Balaban J connectivity index is 2.42. The molecule has 0 aliphatic carbocycles. The number of para-hydroxylation sites is 1. The van der Waals surface area contributed by atoms with Crippen molar-refractivity contribution in [3.05, 3.63) is 41.5 Å². The van der Waals surface area contributed by atoms with Crippen LogP contribution in [0.1, 0.15) is 19.4 Å². The highest BCUT2D eigenvalue weighted by atomic mass is 16.5. The van der Waals surface area contributed by atoms with E-state index in [1.54, 1.807) is 0 Å². The fourth-order valence-electron chi connectivity index (χ4n) is 2.30. The molecule has 1 aromatic rings. The second-order valence-corrected chi connectivity index (χ2v) is 4.80. The third-order valence-corrected chi connectivity index (χ3v) is 3.10. The zero-order valence-electron chi connectivity index (χ0n) is 11.3. The molecule has 4 nitrogen and oxygen atoms in total. The molecule has 0 radical (unpaired) electrons. The third kappa shape index (κ3) is 2.52. The molecule has 0 aromatic heterocycles. The average Bonchev–Trinajstić information content (AvgIpc) is 2.76. The van der Waals surface area contributed by atoms with E-state index in [9.17, 15) is 9.59 Å². The zero-order valence-corrected chi connectivity index (χ0v) is 11.3. The van der Waals surface area contributed by atoms with Crippen LogP contribution in [0.2, 0.25) is 0 Å². The van der Waals surface area contributed by atoms with Gasteiger partial charge in [0.15, 0.2) is 0 Å². The van der Waals surface area contributed by atoms with E-state index in [4.69, 9.17) is 4.74 Å². The summed E-state index contributed by atoms with van der Waals surface area (Å²) >= 11 is 0. The summed E-state index contributed by atoms with van der Waals surface area (Å²) in [4.78, 5) is 25.7. The van der Waals surface area contributed by atoms with Crippen LogP contribution >= 0.6 is 0 Å². The number of methoxy groups -OCH3 is 1. The fraction of sp³-hybridized carbons (Fsp3) is 0.333. The Hall–Kier alpha value is -2.10. The minimum absolute atomic E-state index is 0.180. The van der Waals surface area contributed by atoms with Crippen LogP contribution in [0.4, 0.5) is 5.69 Å². The summed E-state index contributed by atoms with van der Waals surface area (Å²) in [7, 11) is 1.34. The molecule has 1 aliphatic rings. The van der Waals surface area contributed by atoms with Crippen molar-refractivity contribution in [1.82, 2.24) is 0 Å². The highest BCUT2D eigenvalue weighted by Gasteiger charge is 2.38. The molecular weight excluding hydrogens is 242 g/mol. The van der Waals surface area contributed by atoms with Crippen LogP contribution in [0, 0.1) is 0 Å². The monoisotopic (exact) mass is 259 g/mol. The smallest absolute Gasteiger partial charge is 0.329 e. The number of ether oxygens (including phenoxy) is 1. The van der Waals surface area contributed by atoms with Crippen LogP contribution in [0.25, 0.3) is 0 Å². The first-order valence-electron chi connectivity index (χ1n) is 6.18. The minimum atomic E-state index is -0.564. The highest BCUT2D eigenvalue weighted by molar-refractivity contribution is 6.07. The number of anilines is 1. The summed E-state index contributed by atoms with van der Waals surface area (Å²) in [6.45, 7) is 3.71. The molecule has 0 saturated heterocycles. The molecule has 4 heteroatoms. The summed E-state index contributed by atoms with van der Waals surface area (Å²) in [5.74, 6) is -0.563. The molecule has 0 bridgehead atoms. The predicted molar refractivity (Wildman–Crippen MR) is 72.9 cm³/mol. The van der Waals surface area contributed by atoms with Gasteiger partial charge in [-0.15, -0.1) is 0 Å². The maximum Gasteiger partial charge on any atom is 0.329 e. The van der Waals surface area contributed by atoms with Crippen molar-refractivity contribution in [2.45, 2.75) is 26.3 Å². The fourth-order valence-corrected chi connectivity index (χ4v) is 2.30. The first-order valence-corrected chi connectivity index (χ1v) is 6.18. The molecule has 1 amide bonds. The first-order chi connectivity index (χ1) is 9.04. The van der Waals surface area contributed by atoms with Crippen molar-refractivity contribution < 1.29 is 14.3 Å². The van der Waals surface area contributed by atoms with Crippen molar-refractivity contribution in [1.29, 1.82) is 0 Å². The van der Waals surface area contributed by atoms with Crippen molar-refractivity contribution in [3.63, 3.8) is 0 Å². The van der Waals surface area contributed by atoms with Gasteiger partial charge in [0.2, 0.25) is 0 Å². The van der Waals surface area contributed by atoms with Crippen LogP contribution < -0.4 is 4.90 Å². The predicted octanol–water partition coefficient (Wildman–Crippen LogP) is 2.08. The lowest BCUT2D eigenvalue weighted by Gasteiger charge is -2.22. The number of rotatable bonds is 2. The largest absolute Gasteiger partial charge is 0.467 e. The Morgan fingerprint density at radius 2 is 2.00 bits per heavy atom. The topological polar surface area (TPSA) is 46.6 Å². The zero-order chi connectivity index (χ0) is 14.0.